The van der Waals surface area contributed by atoms with Crippen molar-refractivity contribution in [1.29, 1.82) is 0 Å². The van der Waals surface area contributed by atoms with Crippen LogP contribution in [0, 0.1) is 0 Å². The van der Waals surface area contributed by atoms with E-state index in [0.29, 0.717) is 17.6 Å². The molecule has 0 fully saturated rings. The van der Waals surface area contributed by atoms with E-state index in [2.05, 4.69) is 4.99 Å². The number of hydrogen-bond acceptors (Lipinski definition) is 3. The molecule has 0 unspecified atom stereocenters. The molecule has 13 heavy (non-hydrogen) atoms. The van der Waals surface area contributed by atoms with E-state index in [1.807, 2.05) is 0 Å². The van der Waals surface area contributed by atoms with Crippen molar-refractivity contribution in [2.45, 2.75) is 19.3 Å². The average molecular weight is 177 g/mol. The van der Waals surface area contributed by atoms with Crippen molar-refractivity contribution in [2.75, 3.05) is 0 Å². The van der Waals surface area contributed by atoms with Gasteiger partial charge in [-0.25, -0.2) is 0 Å². The van der Waals surface area contributed by atoms with Gasteiger partial charge in [-0.05, 0) is 30.9 Å². The molecule has 3 heteroatoms. The van der Waals surface area contributed by atoms with E-state index in [0.717, 1.165) is 25.5 Å². The van der Waals surface area contributed by atoms with Crippen LogP contribution in [-0.4, -0.2) is 18.8 Å². The summed E-state index contributed by atoms with van der Waals surface area (Å²) in [6.07, 6.45) is 8.88. The van der Waals surface area contributed by atoms with Crippen LogP contribution >= 0.6 is 0 Å². The number of allylic oxidation sites excluding steroid dienone is 4. The molecule has 0 aromatic heterocycles. The average Bonchev–Trinajstić information content (AvgIpc) is 2.28. The molecule has 1 aliphatic heterocycles. The number of aliphatic imine (C=N–C) groups is 1. The van der Waals surface area contributed by atoms with E-state index in [1.54, 1.807) is 18.4 Å². The van der Waals surface area contributed by atoms with Crippen molar-refractivity contribution in [2.24, 2.45) is 4.99 Å². The Morgan fingerprint density at radius 1 is 1.23 bits per heavy atom. The number of hydrogen-bond donors (Lipinski definition) is 0. The van der Waals surface area contributed by atoms with E-state index in [-0.39, 0.29) is 0 Å². The Hall–Kier alpha value is -1.51. The monoisotopic (exact) mass is 177 g/mol. The highest BCUT2D eigenvalue weighted by atomic mass is 16.1. The normalized spacial score (nSPS) is 21.5. The Morgan fingerprint density at radius 3 is 2.77 bits per heavy atom. The predicted octanol–water partition coefficient (Wildman–Crippen LogP) is 1.45. The highest BCUT2D eigenvalue weighted by Crippen LogP contribution is 2.07. The first-order valence-corrected chi connectivity index (χ1v) is 4.20. The van der Waals surface area contributed by atoms with Crippen LogP contribution in [0.4, 0.5) is 0 Å². The van der Waals surface area contributed by atoms with Gasteiger partial charge >= 0.3 is 0 Å². The lowest BCUT2D eigenvalue weighted by Gasteiger charge is -1.93. The molecule has 0 bridgehead atoms. The highest BCUT2D eigenvalue weighted by Gasteiger charge is 1.97. The molecule has 0 aromatic carbocycles. The van der Waals surface area contributed by atoms with Gasteiger partial charge in [-0.3, -0.25) is 14.6 Å². The first kappa shape index (κ1) is 9.58. The summed E-state index contributed by atoms with van der Waals surface area (Å²) in [4.78, 5) is 24.9. The smallest absolute Gasteiger partial charge is 0.168 e. The number of carbonyl (C=O) groups is 2. The summed E-state index contributed by atoms with van der Waals surface area (Å²) in [5.74, 6) is 0. The fourth-order valence-corrected chi connectivity index (χ4v) is 1.05. The topological polar surface area (TPSA) is 46.5 Å². The second-order valence-electron chi connectivity index (χ2n) is 2.77. The van der Waals surface area contributed by atoms with Gasteiger partial charge in [0.25, 0.3) is 0 Å². The Kier molecular flexibility index (Phi) is 3.82. The van der Waals surface area contributed by atoms with Crippen molar-refractivity contribution in [3.05, 3.63) is 23.4 Å². The Bertz CT molecular complexity index is 287. The molecule has 0 spiro atoms. The van der Waals surface area contributed by atoms with Crippen LogP contribution in [0.15, 0.2) is 28.4 Å². The SMILES string of the molecule is O=CC1=C/C=C(/C=O)CCCC=N1. The van der Waals surface area contributed by atoms with Crippen molar-refractivity contribution in [3.63, 3.8) is 0 Å². The maximum Gasteiger partial charge on any atom is 0.168 e. The van der Waals surface area contributed by atoms with E-state index in [4.69, 9.17) is 0 Å². The van der Waals surface area contributed by atoms with Gasteiger partial charge in [0.1, 0.15) is 12.0 Å². The van der Waals surface area contributed by atoms with E-state index in [9.17, 15) is 9.59 Å². The number of carbonyl (C=O) groups excluding carboxylic acids is 2. The molecule has 68 valence electrons. The Morgan fingerprint density at radius 2 is 2.08 bits per heavy atom. The van der Waals surface area contributed by atoms with Crippen LogP contribution in [0.2, 0.25) is 0 Å². The van der Waals surface area contributed by atoms with Gasteiger partial charge in [-0.1, -0.05) is 6.08 Å². The molecule has 0 saturated heterocycles. The summed E-state index contributed by atoms with van der Waals surface area (Å²) in [6.45, 7) is 0. The third-order valence-electron chi connectivity index (χ3n) is 1.78. The molecule has 0 aliphatic carbocycles. The summed E-state index contributed by atoms with van der Waals surface area (Å²) in [6, 6.07) is 0. The second-order valence-corrected chi connectivity index (χ2v) is 2.77. The zero-order valence-corrected chi connectivity index (χ0v) is 7.27. The lowest BCUT2D eigenvalue weighted by molar-refractivity contribution is -0.105. The van der Waals surface area contributed by atoms with Crippen LogP contribution < -0.4 is 0 Å². The Labute approximate surface area is 76.9 Å². The maximum absolute atomic E-state index is 10.5. The summed E-state index contributed by atoms with van der Waals surface area (Å²) >= 11 is 0. The van der Waals surface area contributed by atoms with Gasteiger partial charge < -0.3 is 0 Å². The molecule has 0 atom stereocenters. The van der Waals surface area contributed by atoms with Crippen LogP contribution in [-0.2, 0) is 9.59 Å². The number of aldehydes is 2. The minimum absolute atomic E-state index is 0.362. The molecule has 0 aromatic rings. The van der Waals surface area contributed by atoms with Crippen molar-refractivity contribution in [1.82, 2.24) is 0 Å². The van der Waals surface area contributed by atoms with Crippen molar-refractivity contribution in [3.8, 4) is 0 Å². The standard InChI is InChI=1S/C10H11NO2/c12-7-9-3-1-2-6-11-10(8-13)5-4-9/h4-8H,1-3H2/b9-4+,10-5?,11-6?. The third kappa shape index (κ3) is 3.15. The molecule has 0 N–H and O–H groups in total. The van der Waals surface area contributed by atoms with E-state index in [1.165, 1.54) is 0 Å². The Balaban J connectivity index is 2.87. The van der Waals surface area contributed by atoms with Crippen molar-refractivity contribution >= 4 is 18.8 Å². The fraction of sp³-hybridized carbons (Fsp3) is 0.300. The minimum atomic E-state index is 0.362. The largest absolute Gasteiger partial charge is 0.298 e. The van der Waals surface area contributed by atoms with Gasteiger partial charge in [0.2, 0.25) is 0 Å². The van der Waals surface area contributed by atoms with Crippen molar-refractivity contribution < 1.29 is 9.59 Å². The molecule has 3 nitrogen and oxygen atoms in total. The second kappa shape index (κ2) is 5.19. The maximum atomic E-state index is 10.5. The molecule has 1 rings (SSSR count). The van der Waals surface area contributed by atoms with E-state index < -0.39 is 0 Å². The van der Waals surface area contributed by atoms with E-state index >= 15 is 0 Å². The summed E-state index contributed by atoms with van der Waals surface area (Å²) < 4.78 is 0. The van der Waals surface area contributed by atoms with Gasteiger partial charge in [0, 0.05) is 6.21 Å². The van der Waals surface area contributed by atoms with Gasteiger partial charge in [0.05, 0.1) is 0 Å². The molecule has 1 aliphatic rings. The summed E-state index contributed by atoms with van der Waals surface area (Å²) in [7, 11) is 0. The summed E-state index contributed by atoms with van der Waals surface area (Å²) in [5, 5.41) is 0. The molecular formula is C10H11NO2. The zero-order chi connectivity index (χ0) is 9.52. The van der Waals surface area contributed by atoms with Crippen LogP contribution in [0.5, 0.6) is 0 Å². The molecule has 0 amide bonds. The van der Waals surface area contributed by atoms with Crippen LogP contribution in [0.3, 0.4) is 0 Å². The fourth-order valence-electron chi connectivity index (χ4n) is 1.05. The van der Waals surface area contributed by atoms with Crippen LogP contribution in [0.25, 0.3) is 0 Å². The number of nitrogens with zero attached hydrogens (tertiary/aromatic N) is 1. The minimum Gasteiger partial charge on any atom is -0.298 e. The van der Waals surface area contributed by atoms with Crippen LogP contribution in [0.1, 0.15) is 19.3 Å². The van der Waals surface area contributed by atoms with Gasteiger partial charge in [-0.2, -0.15) is 0 Å². The predicted molar refractivity (Wildman–Crippen MR) is 50.6 cm³/mol. The number of rotatable bonds is 2. The highest BCUT2D eigenvalue weighted by molar-refractivity contribution is 5.79. The molecule has 0 saturated carbocycles. The first-order valence-electron chi connectivity index (χ1n) is 4.20. The first-order chi connectivity index (χ1) is 6.36. The quantitative estimate of drug-likeness (QED) is 0.599. The lowest BCUT2D eigenvalue weighted by atomic mass is 10.1. The molecular weight excluding hydrogens is 166 g/mol. The summed E-state index contributed by atoms with van der Waals surface area (Å²) in [5.41, 5.74) is 1.08. The third-order valence-corrected chi connectivity index (χ3v) is 1.78. The zero-order valence-electron chi connectivity index (χ0n) is 7.27. The molecule has 0 radical (unpaired) electrons. The van der Waals surface area contributed by atoms with Gasteiger partial charge in [0.15, 0.2) is 6.29 Å². The molecule has 1 heterocycles. The van der Waals surface area contributed by atoms with Gasteiger partial charge in [-0.15, -0.1) is 0 Å². The lowest BCUT2D eigenvalue weighted by Crippen LogP contribution is -1.84.